The van der Waals surface area contributed by atoms with E-state index >= 15 is 0 Å². The molecule has 1 aliphatic carbocycles. The molecule has 0 aromatic heterocycles. The summed E-state index contributed by atoms with van der Waals surface area (Å²) < 4.78 is 11.5. The molecule has 2 atom stereocenters. The molecule has 0 bridgehead atoms. The Labute approximate surface area is 226 Å². The van der Waals surface area contributed by atoms with Gasteiger partial charge < -0.3 is 36.3 Å². The number of urea groups is 1. The Morgan fingerprint density at radius 3 is 2.37 bits per heavy atom. The fourth-order valence-corrected chi connectivity index (χ4v) is 4.36. The van der Waals surface area contributed by atoms with Crippen molar-refractivity contribution in [1.82, 2.24) is 16.0 Å². The molecule has 0 unspecified atom stereocenters. The zero-order valence-electron chi connectivity index (χ0n) is 23.3. The molecule has 1 aromatic carbocycles. The minimum absolute atomic E-state index is 0.0938. The van der Waals surface area contributed by atoms with Crippen LogP contribution >= 0.6 is 0 Å². The number of benzene rings is 1. The van der Waals surface area contributed by atoms with Crippen LogP contribution in [-0.2, 0) is 20.7 Å². The van der Waals surface area contributed by atoms with E-state index in [4.69, 9.17) is 15.2 Å². The molecule has 10 nitrogen and oxygen atoms in total. The summed E-state index contributed by atoms with van der Waals surface area (Å²) in [5.41, 5.74) is 5.64. The van der Waals surface area contributed by atoms with E-state index in [2.05, 4.69) is 35.0 Å². The summed E-state index contributed by atoms with van der Waals surface area (Å²) in [5.74, 6) is -0.333. The lowest BCUT2D eigenvalue weighted by molar-refractivity contribution is -0.144. The topological polar surface area (TPSA) is 152 Å². The minimum atomic E-state index is -1.43. The summed E-state index contributed by atoms with van der Waals surface area (Å²) in [7, 11) is 0. The van der Waals surface area contributed by atoms with Gasteiger partial charge in [0.1, 0.15) is 11.3 Å². The first-order valence-electron chi connectivity index (χ1n) is 13.7. The standard InChI is InChI=1S/C28H46N4O6/c1-5-20-8-10-23(11-9-20)38-13-7-6-12-37-18-24(19(2)3)31-25(33)17-30-27(36)32-28(4,26(34)35)16-21-14-22(29)15-21/h8-11,19,21-22,24H,5-7,12-18,29H2,1-4H3,(H,31,33)(H,34,35)(H2,30,32,36)/t21-,22-,24-,28+/m1/s1. The molecule has 10 heteroatoms. The van der Waals surface area contributed by atoms with Crippen molar-refractivity contribution in [1.29, 1.82) is 0 Å². The first-order valence-corrected chi connectivity index (χ1v) is 13.7. The molecule has 214 valence electrons. The van der Waals surface area contributed by atoms with Crippen molar-refractivity contribution in [3.63, 3.8) is 0 Å². The third-order valence-corrected chi connectivity index (χ3v) is 6.97. The minimum Gasteiger partial charge on any atom is -0.494 e. The molecule has 0 spiro atoms. The summed E-state index contributed by atoms with van der Waals surface area (Å²) in [6.07, 6.45) is 4.48. The van der Waals surface area contributed by atoms with Crippen LogP contribution in [0.5, 0.6) is 5.75 Å². The number of nitrogens with one attached hydrogen (secondary N) is 3. The summed E-state index contributed by atoms with van der Waals surface area (Å²) in [4.78, 5) is 36.5. The lowest BCUT2D eigenvalue weighted by Crippen LogP contribution is -2.58. The van der Waals surface area contributed by atoms with E-state index in [1.165, 1.54) is 12.5 Å². The second-order valence-electron chi connectivity index (χ2n) is 10.8. The highest BCUT2D eigenvalue weighted by Gasteiger charge is 2.40. The maximum Gasteiger partial charge on any atom is 0.329 e. The van der Waals surface area contributed by atoms with Crippen LogP contribution in [0.4, 0.5) is 4.79 Å². The monoisotopic (exact) mass is 534 g/mol. The van der Waals surface area contributed by atoms with Gasteiger partial charge in [-0.2, -0.15) is 0 Å². The number of aryl methyl sites for hydroxylation is 1. The Bertz CT molecular complexity index is 888. The summed E-state index contributed by atoms with van der Waals surface area (Å²) >= 11 is 0. The van der Waals surface area contributed by atoms with Crippen molar-refractivity contribution in [3.05, 3.63) is 29.8 Å². The molecule has 1 fully saturated rings. The molecule has 0 aliphatic heterocycles. The van der Waals surface area contributed by atoms with Crippen LogP contribution in [0.2, 0.25) is 0 Å². The molecule has 0 heterocycles. The zero-order valence-corrected chi connectivity index (χ0v) is 23.3. The van der Waals surface area contributed by atoms with Crippen LogP contribution in [0.3, 0.4) is 0 Å². The smallest absolute Gasteiger partial charge is 0.329 e. The molecular formula is C28H46N4O6. The normalized spacial score (nSPS) is 19.1. The van der Waals surface area contributed by atoms with Crippen LogP contribution in [0.25, 0.3) is 0 Å². The van der Waals surface area contributed by atoms with E-state index in [0.717, 1.165) is 37.9 Å². The number of nitrogens with two attached hydrogens (primary N) is 1. The number of aliphatic carboxylic acids is 1. The third-order valence-electron chi connectivity index (χ3n) is 6.97. The highest BCUT2D eigenvalue weighted by atomic mass is 16.5. The molecule has 6 N–H and O–H groups in total. The Morgan fingerprint density at radius 2 is 1.79 bits per heavy atom. The number of ether oxygens (including phenoxy) is 2. The average Bonchev–Trinajstić information content (AvgIpc) is 2.85. The van der Waals surface area contributed by atoms with E-state index in [1.807, 2.05) is 26.0 Å². The van der Waals surface area contributed by atoms with Gasteiger partial charge in [0.05, 0.1) is 25.8 Å². The van der Waals surface area contributed by atoms with Crippen molar-refractivity contribution in [2.45, 2.75) is 83.8 Å². The van der Waals surface area contributed by atoms with Crippen molar-refractivity contribution < 1.29 is 29.0 Å². The maximum atomic E-state index is 12.4. The van der Waals surface area contributed by atoms with Gasteiger partial charge in [0.15, 0.2) is 0 Å². The van der Waals surface area contributed by atoms with Crippen LogP contribution < -0.4 is 26.4 Å². The molecule has 3 amide bonds. The lowest BCUT2D eigenvalue weighted by atomic mass is 9.73. The number of amides is 3. The number of carbonyl (C=O) groups excluding carboxylic acids is 2. The number of hydrogen-bond acceptors (Lipinski definition) is 6. The quantitative estimate of drug-likeness (QED) is 0.193. The number of hydrogen-bond donors (Lipinski definition) is 5. The van der Waals surface area contributed by atoms with Gasteiger partial charge in [-0.1, -0.05) is 32.9 Å². The van der Waals surface area contributed by atoms with E-state index in [9.17, 15) is 19.5 Å². The Kier molecular flexibility index (Phi) is 12.8. The van der Waals surface area contributed by atoms with Gasteiger partial charge in [0.2, 0.25) is 5.91 Å². The van der Waals surface area contributed by atoms with Gasteiger partial charge in [-0.05, 0) is 75.0 Å². The van der Waals surface area contributed by atoms with E-state index < -0.39 is 17.5 Å². The number of carboxylic acid groups (broad SMARTS) is 1. The van der Waals surface area contributed by atoms with Gasteiger partial charge in [0.25, 0.3) is 0 Å². The van der Waals surface area contributed by atoms with E-state index in [1.54, 1.807) is 0 Å². The highest BCUT2D eigenvalue weighted by molar-refractivity contribution is 5.88. The van der Waals surface area contributed by atoms with Gasteiger partial charge in [-0.25, -0.2) is 9.59 Å². The van der Waals surface area contributed by atoms with Crippen LogP contribution in [0.15, 0.2) is 24.3 Å². The van der Waals surface area contributed by atoms with Gasteiger partial charge in [0, 0.05) is 12.6 Å². The van der Waals surface area contributed by atoms with Crippen molar-refractivity contribution in [2.24, 2.45) is 17.6 Å². The number of carboxylic acids is 1. The molecule has 1 aromatic rings. The molecule has 0 radical (unpaired) electrons. The Balaban J connectivity index is 1.63. The molecule has 2 rings (SSSR count). The number of unbranched alkanes of at least 4 members (excludes halogenated alkanes) is 1. The van der Waals surface area contributed by atoms with Crippen molar-refractivity contribution in [2.75, 3.05) is 26.4 Å². The second kappa shape index (κ2) is 15.5. The zero-order chi connectivity index (χ0) is 28.1. The Hall–Kier alpha value is -2.85. The largest absolute Gasteiger partial charge is 0.494 e. The second-order valence-corrected chi connectivity index (χ2v) is 10.8. The van der Waals surface area contributed by atoms with Crippen molar-refractivity contribution >= 4 is 17.9 Å². The average molecular weight is 535 g/mol. The molecule has 38 heavy (non-hydrogen) atoms. The summed E-state index contributed by atoms with van der Waals surface area (Å²) in [6.45, 7) is 8.81. The Morgan fingerprint density at radius 1 is 1.13 bits per heavy atom. The molecule has 1 saturated carbocycles. The predicted molar refractivity (Wildman–Crippen MR) is 146 cm³/mol. The van der Waals surface area contributed by atoms with Crippen molar-refractivity contribution in [3.8, 4) is 5.75 Å². The van der Waals surface area contributed by atoms with Gasteiger partial charge in [-0.3, -0.25) is 4.79 Å². The predicted octanol–water partition coefficient (Wildman–Crippen LogP) is 2.84. The fourth-order valence-electron chi connectivity index (χ4n) is 4.36. The lowest BCUT2D eigenvalue weighted by Gasteiger charge is -2.38. The van der Waals surface area contributed by atoms with Gasteiger partial charge >= 0.3 is 12.0 Å². The summed E-state index contributed by atoms with van der Waals surface area (Å²) in [6, 6.07) is 7.29. The van der Waals surface area contributed by atoms with Crippen LogP contribution in [0.1, 0.15) is 65.4 Å². The van der Waals surface area contributed by atoms with E-state index in [0.29, 0.717) is 26.2 Å². The maximum absolute atomic E-state index is 12.4. The molecule has 1 aliphatic rings. The SMILES string of the molecule is CCc1ccc(OCCCCOC[C@@H](NC(=O)CNC(=O)N[C@@](C)(C[C@H]2C[C@H](N)C2)C(=O)O)C(C)C)cc1. The molecule has 0 saturated heterocycles. The van der Waals surface area contributed by atoms with Crippen LogP contribution in [-0.4, -0.2) is 67.0 Å². The summed E-state index contributed by atoms with van der Waals surface area (Å²) in [5, 5.41) is 17.5. The first kappa shape index (κ1) is 31.4. The first-order chi connectivity index (χ1) is 18.0. The number of carbonyl (C=O) groups is 3. The number of rotatable bonds is 17. The third kappa shape index (κ3) is 10.9. The van der Waals surface area contributed by atoms with Gasteiger partial charge in [-0.15, -0.1) is 0 Å². The van der Waals surface area contributed by atoms with E-state index in [-0.39, 0.29) is 36.4 Å². The highest BCUT2D eigenvalue weighted by Crippen LogP contribution is 2.33. The van der Waals surface area contributed by atoms with Crippen LogP contribution in [0, 0.1) is 11.8 Å². The molecular weight excluding hydrogens is 488 g/mol. The fraction of sp³-hybridized carbons (Fsp3) is 0.679.